The number of aliphatic imine (C=N–C) groups is 1. The topological polar surface area (TPSA) is 29.4 Å². The van der Waals surface area contributed by atoms with Gasteiger partial charge < -0.3 is 0 Å². The monoisotopic (exact) mass is 313 g/mol. The van der Waals surface area contributed by atoms with Gasteiger partial charge in [-0.2, -0.15) is 18.2 Å². The third-order valence-corrected chi connectivity index (χ3v) is 2.37. The molecule has 0 unspecified atom stereocenters. The van der Waals surface area contributed by atoms with E-state index < -0.39 is 11.7 Å². The van der Waals surface area contributed by atoms with Gasteiger partial charge >= 0.3 is 6.18 Å². The van der Waals surface area contributed by atoms with E-state index in [9.17, 15) is 18.0 Å². The van der Waals surface area contributed by atoms with E-state index in [4.69, 9.17) is 0 Å². The molecule has 0 radical (unpaired) electrons. The van der Waals surface area contributed by atoms with Crippen LogP contribution >= 0.6 is 22.6 Å². The standard InChI is InChI=1S/C8H3F3INO/c9-8(10,11)6-3-5(13-4-14)1-2-7(6)12/h1-3H. The Bertz CT molecular complexity index is 396. The first-order valence-corrected chi connectivity index (χ1v) is 4.47. The molecule has 0 aliphatic carbocycles. The predicted octanol–water partition coefficient (Wildman–Crippen LogP) is 3.28. The van der Waals surface area contributed by atoms with Crippen molar-refractivity contribution in [3.05, 3.63) is 27.3 Å². The molecular weight excluding hydrogens is 310 g/mol. The van der Waals surface area contributed by atoms with Gasteiger partial charge in [0.25, 0.3) is 0 Å². The highest BCUT2D eigenvalue weighted by Gasteiger charge is 2.33. The highest BCUT2D eigenvalue weighted by atomic mass is 127. The Morgan fingerprint density at radius 3 is 2.50 bits per heavy atom. The summed E-state index contributed by atoms with van der Waals surface area (Å²) >= 11 is 1.57. The van der Waals surface area contributed by atoms with Crippen molar-refractivity contribution >= 4 is 34.4 Å². The summed E-state index contributed by atoms with van der Waals surface area (Å²) in [5.74, 6) is 0. The molecule has 0 aliphatic heterocycles. The molecule has 0 saturated carbocycles. The fourth-order valence-corrected chi connectivity index (χ4v) is 1.49. The molecular formula is C8H3F3INO. The number of rotatable bonds is 1. The molecule has 1 rings (SSSR count). The molecule has 74 valence electrons. The van der Waals surface area contributed by atoms with Crippen LogP contribution in [0.2, 0.25) is 0 Å². The number of nitrogens with zero attached hydrogens (tertiary/aromatic N) is 1. The zero-order valence-corrected chi connectivity index (χ0v) is 8.76. The van der Waals surface area contributed by atoms with E-state index in [1.54, 1.807) is 22.6 Å². The van der Waals surface area contributed by atoms with Gasteiger partial charge in [0, 0.05) is 3.57 Å². The van der Waals surface area contributed by atoms with Gasteiger partial charge in [0.05, 0.1) is 11.3 Å². The van der Waals surface area contributed by atoms with Crippen LogP contribution in [0.4, 0.5) is 18.9 Å². The Morgan fingerprint density at radius 2 is 2.00 bits per heavy atom. The minimum atomic E-state index is -4.43. The molecule has 0 saturated heterocycles. The van der Waals surface area contributed by atoms with Crippen LogP contribution in [0.3, 0.4) is 0 Å². The van der Waals surface area contributed by atoms with Gasteiger partial charge in [0.1, 0.15) is 0 Å². The van der Waals surface area contributed by atoms with Gasteiger partial charge in [-0.25, -0.2) is 4.79 Å². The average molecular weight is 313 g/mol. The molecule has 0 spiro atoms. The second kappa shape index (κ2) is 4.10. The highest BCUT2D eigenvalue weighted by Crippen LogP contribution is 2.34. The SMILES string of the molecule is O=C=Nc1ccc(I)c(C(F)(F)F)c1. The summed E-state index contributed by atoms with van der Waals surface area (Å²) < 4.78 is 37.0. The van der Waals surface area contributed by atoms with E-state index in [0.717, 1.165) is 6.07 Å². The van der Waals surface area contributed by atoms with Crippen LogP contribution in [-0.4, -0.2) is 6.08 Å². The smallest absolute Gasteiger partial charge is 0.211 e. The summed E-state index contributed by atoms with van der Waals surface area (Å²) in [6.07, 6.45) is -3.24. The molecule has 0 atom stereocenters. The van der Waals surface area contributed by atoms with Crippen LogP contribution in [0.5, 0.6) is 0 Å². The average Bonchev–Trinajstić information content (AvgIpc) is 2.07. The molecule has 0 N–H and O–H groups in total. The van der Waals surface area contributed by atoms with E-state index in [0.29, 0.717) is 0 Å². The van der Waals surface area contributed by atoms with E-state index in [2.05, 4.69) is 4.99 Å². The third-order valence-electron chi connectivity index (χ3n) is 1.43. The fourth-order valence-electron chi connectivity index (χ4n) is 0.853. The second-order valence-corrected chi connectivity index (χ2v) is 3.53. The fraction of sp³-hybridized carbons (Fsp3) is 0.125. The van der Waals surface area contributed by atoms with Gasteiger partial charge in [-0.15, -0.1) is 0 Å². The molecule has 0 bridgehead atoms. The molecule has 0 aromatic heterocycles. The number of isocyanates is 1. The normalized spacial score (nSPS) is 10.9. The van der Waals surface area contributed by atoms with Crippen molar-refractivity contribution in [1.29, 1.82) is 0 Å². The molecule has 1 aromatic rings. The molecule has 0 fully saturated rings. The quantitative estimate of drug-likeness (QED) is 0.444. The first-order valence-electron chi connectivity index (χ1n) is 3.40. The summed E-state index contributed by atoms with van der Waals surface area (Å²) in [6.45, 7) is 0. The van der Waals surface area contributed by atoms with Crippen molar-refractivity contribution in [3.63, 3.8) is 0 Å². The molecule has 1 aromatic carbocycles. The Kier molecular flexibility index (Phi) is 3.28. The lowest BCUT2D eigenvalue weighted by Crippen LogP contribution is -2.06. The second-order valence-electron chi connectivity index (χ2n) is 2.36. The van der Waals surface area contributed by atoms with Crippen molar-refractivity contribution in [1.82, 2.24) is 0 Å². The van der Waals surface area contributed by atoms with Crippen LogP contribution in [0.15, 0.2) is 23.2 Å². The van der Waals surface area contributed by atoms with E-state index in [1.165, 1.54) is 18.2 Å². The lowest BCUT2D eigenvalue weighted by molar-refractivity contribution is -0.138. The minimum Gasteiger partial charge on any atom is -0.211 e. The summed E-state index contributed by atoms with van der Waals surface area (Å²) in [6, 6.07) is 3.38. The van der Waals surface area contributed by atoms with Crippen molar-refractivity contribution in [2.75, 3.05) is 0 Å². The summed E-state index contributed by atoms with van der Waals surface area (Å²) in [5.41, 5.74) is -0.845. The minimum absolute atomic E-state index is 0.0484. The zero-order valence-electron chi connectivity index (χ0n) is 6.60. The largest absolute Gasteiger partial charge is 0.417 e. The van der Waals surface area contributed by atoms with Crippen LogP contribution in [0, 0.1) is 3.57 Å². The first kappa shape index (κ1) is 11.2. The number of hydrogen-bond donors (Lipinski definition) is 0. The Balaban J connectivity index is 3.28. The van der Waals surface area contributed by atoms with E-state index >= 15 is 0 Å². The number of hydrogen-bond acceptors (Lipinski definition) is 2. The van der Waals surface area contributed by atoms with E-state index in [1.807, 2.05) is 0 Å². The van der Waals surface area contributed by atoms with Crippen molar-refractivity contribution < 1.29 is 18.0 Å². The van der Waals surface area contributed by atoms with Gasteiger partial charge in [-0.1, -0.05) is 0 Å². The lowest BCUT2D eigenvalue weighted by Gasteiger charge is -2.08. The van der Waals surface area contributed by atoms with Crippen molar-refractivity contribution in [2.45, 2.75) is 6.18 Å². The van der Waals surface area contributed by atoms with Crippen LogP contribution < -0.4 is 0 Å². The Morgan fingerprint density at radius 1 is 1.36 bits per heavy atom. The van der Waals surface area contributed by atoms with Gasteiger partial charge in [0.15, 0.2) is 0 Å². The molecule has 0 aliphatic rings. The van der Waals surface area contributed by atoms with Gasteiger partial charge in [-0.05, 0) is 40.8 Å². The maximum atomic E-state index is 12.3. The van der Waals surface area contributed by atoms with Crippen molar-refractivity contribution in [2.24, 2.45) is 4.99 Å². The summed E-state index contributed by atoms with van der Waals surface area (Å²) in [5, 5.41) is 0. The molecule has 0 heterocycles. The summed E-state index contributed by atoms with van der Waals surface area (Å²) in [7, 11) is 0. The third kappa shape index (κ3) is 2.55. The molecule has 6 heteroatoms. The molecule has 0 amide bonds. The van der Waals surface area contributed by atoms with Crippen LogP contribution in [0.25, 0.3) is 0 Å². The Labute approximate surface area is 91.0 Å². The van der Waals surface area contributed by atoms with Crippen LogP contribution in [-0.2, 0) is 11.0 Å². The number of halogens is 4. The number of benzene rings is 1. The van der Waals surface area contributed by atoms with Gasteiger partial charge in [-0.3, -0.25) is 0 Å². The molecule has 14 heavy (non-hydrogen) atoms. The summed E-state index contributed by atoms with van der Waals surface area (Å²) in [4.78, 5) is 13.0. The highest BCUT2D eigenvalue weighted by molar-refractivity contribution is 14.1. The molecule has 2 nitrogen and oxygen atoms in total. The van der Waals surface area contributed by atoms with Crippen molar-refractivity contribution in [3.8, 4) is 0 Å². The number of alkyl halides is 3. The maximum absolute atomic E-state index is 12.3. The maximum Gasteiger partial charge on any atom is 0.417 e. The van der Waals surface area contributed by atoms with E-state index in [-0.39, 0.29) is 9.26 Å². The Hall–Kier alpha value is -0.880. The first-order chi connectivity index (χ1) is 6.45. The predicted molar refractivity (Wildman–Crippen MR) is 51.9 cm³/mol. The zero-order chi connectivity index (χ0) is 10.8. The van der Waals surface area contributed by atoms with Crippen LogP contribution in [0.1, 0.15) is 5.56 Å². The van der Waals surface area contributed by atoms with Gasteiger partial charge in [0.2, 0.25) is 6.08 Å². The lowest BCUT2D eigenvalue weighted by atomic mass is 10.2. The number of carbonyl (C=O) groups excluding carboxylic acids is 1.